The van der Waals surface area contributed by atoms with Gasteiger partial charge in [-0.15, -0.1) is 0 Å². The molecule has 1 aliphatic heterocycles. The van der Waals surface area contributed by atoms with Crippen molar-refractivity contribution in [3.05, 3.63) is 41.6 Å². The number of sulfonamides is 1. The van der Waals surface area contributed by atoms with Gasteiger partial charge in [-0.2, -0.15) is 0 Å². The molecule has 0 aliphatic carbocycles. The fourth-order valence-electron chi connectivity index (χ4n) is 2.08. The van der Waals surface area contributed by atoms with E-state index in [2.05, 4.69) is 0 Å². The SMILES string of the molecule is CC1=CC(C)CN1S(=O)(=O)c1ccc(C)cc1. The van der Waals surface area contributed by atoms with Crippen molar-refractivity contribution in [2.45, 2.75) is 25.7 Å². The van der Waals surface area contributed by atoms with Crippen LogP contribution in [0.5, 0.6) is 0 Å². The normalized spacial score (nSPS) is 20.5. The first-order chi connectivity index (χ1) is 7.91. The van der Waals surface area contributed by atoms with Crippen molar-refractivity contribution in [1.82, 2.24) is 4.31 Å². The van der Waals surface area contributed by atoms with Crippen molar-refractivity contribution in [3.63, 3.8) is 0 Å². The smallest absolute Gasteiger partial charge is 0.264 e. The van der Waals surface area contributed by atoms with E-state index in [1.807, 2.05) is 39.0 Å². The molecule has 1 atom stereocenters. The molecular weight excluding hydrogens is 234 g/mol. The number of nitrogens with zero attached hydrogens (tertiary/aromatic N) is 1. The minimum atomic E-state index is -3.37. The summed E-state index contributed by atoms with van der Waals surface area (Å²) in [6.07, 6.45) is 1.99. The quantitative estimate of drug-likeness (QED) is 0.810. The molecule has 1 heterocycles. The predicted octanol–water partition coefficient (Wildman–Crippen LogP) is 2.54. The van der Waals surface area contributed by atoms with Gasteiger partial charge in [0.25, 0.3) is 10.0 Å². The summed E-state index contributed by atoms with van der Waals surface area (Å²) in [5.74, 6) is 0.287. The summed E-state index contributed by atoms with van der Waals surface area (Å²) in [5, 5.41) is 0. The number of hydrogen-bond donors (Lipinski definition) is 0. The Morgan fingerprint density at radius 3 is 2.24 bits per heavy atom. The zero-order valence-corrected chi connectivity index (χ0v) is 11.2. The molecule has 4 heteroatoms. The summed E-state index contributed by atoms with van der Waals surface area (Å²) in [5.41, 5.74) is 1.88. The first-order valence-electron chi connectivity index (χ1n) is 5.69. The lowest BCUT2D eigenvalue weighted by Crippen LogP contribution is -2.28. The highest BCUT2D eigenvalue weighted by molar-refractivity contribution is 7.89. The number of allylic oxidation sites excluding steroid dienone is 1. The van der Waals surface area contributed by atoms with Gasteiger partial charge in [0.1, 0.15) is 0 Å². The van der Waals surface area contributed by atoms with Gasteiger partial charge in [-0.25, -0.2) is 8.42 Å². The van der Waals surface area contributed by atoms with Gasteiger partial charge in [0.2, 0.25) is 0 Å². The Bertz CT molecular complexity index is 543. The first-order valence-corrected chi connectivity index (χ1v) is 7.13. The molecule has 1 aromatic carbocycles. The molecule has 0 N–H and O–H groups in total. The number of benzene rings is 1. The maximum absolute atomic E-state index is 12.4. The zero-order valence-electron chi connectivity index (χ0n) is 10.3. The summed E-state index contributed by atoms with van der Waals surface area (Å²) in [4.78, 5) is 0.366. The second-order valence-corrected chi connectivity index (χ2v) is 6.50. The highest BCUT2D eigenvalue weighted by atomic mass is 32.2. The Morgan fingerprint density at radius 2 is 1.76 bits per heavy atom. The molecule has 0 aromatic heterocycles. The van der Waals surface area contributed by atoms with E-state index in [1.54, 1.807) is 12.1 Å². The van der Waals surface area contributed by atoms with E-state index in [0.717, 1.165) is 11.3 Å². The Morgan fingerprint density at radius 1 is 1.18 bits per heavy atom. The highest BCUT2D eigenvalue weighted by Gasteiger charge is 2.29. The van der Waals surface area contributed by atoms with Crippen LogP contribution in [0.4, 0.5) is 0 Å². The van der Waals surface area contributed by atoms with E-state index in [1.165, 1.54) is 4.31 Å². The Hall–Kier alpha value is -1.29. The lowest BCUT2D eigenvalue weighted by Gasteiger charge is -2.20. The average Bonchev–Trinajstić information content (AvgIpc) is 2.59. The van der Waals surface area contributed by atoms with Crippen LogP contribution < -0.4 is 0 Å². The van der Waals surface area contributed by atoms with E-state index in [0.29, 0.717) is 11.4 Å². The third-order valence-electron chi connectivity index (χ3n) is 2.98. The molecule has 0 saturated heterocycles. The molecule has 1 unspecified atom stereocenters. The van der Waals surface area contributed by atoms with Crippen molar-refractivity contribution >= 4 is 10.0 Å². The van der Waals surface area contributed by atoms with Crippen LogP contribution in [0.25, 0.3) is 0 Å². The summed E-state index contributed by atoms with van der Waals surface area (Å²) in [7, 11) is -3.37. The highest BCUT2D eigenvalue weighted by Crippen LogP contribution is 2.27. The van der Waals surface area contributed by atoms with Crippen molar-refractivity contribution in [2.24, 2.45) is 5.92 Å². The van der Waals surface area contributed by atoms with E-state index in [-0.39, 0.29) is 5.92 Å². The molecule has 0 spiro atoms. The van der Waals surface area contributed by atoms with Gasteiger partial charge >= 0.3 is 0 Å². The van der Waals surface area contributed by atoms with Gasteiger partial charge < -0.3 is 0 Å². The summed E-state index contributed by atoms with van der Waals surface area (Å²) >= 11 is 0. The zero-order chi connectivity index (χ0) is 12.6. The number of rotatable bonds is 2. The van der Waals surface area contributed by atoms with Crippen molar-refractivity contribution in [3.8, 4) is 0 Å². The van der Waals surface area contributed by atoms with Gasteiger partial charge in [-0.05, 0) is 31.9 Å². The Balaban J connectivity index is 2.38. The lowest BCUT2D eigenvalue weighted by molar-refractivity contribution is 0.476. The van der Waals surface area contributed by atoms with Crippen molar-refractivity contribution < 1.29 is 8.42 Å². The van der Waals surface area contributed by atoms with Crippen LogP contribution in [0.1, 0.15) is 19.4 Å². The third-order valence-corrected chi connectivity index (χ3v) is 4.87. The maximum atomic E-state index is 12.4. The number of hydrogen-bond acceptors (Lipinski definition) is 2. The summed E-state index contributed by atoms with van der Waals surface area (Å²) in [6.45, 7) is 6.35. The second-order valence-electron chi connectivity index (χ2n) is 4.63. The average molecular weight is 251 g/mol. The molecule has 1 aliphatic rings. The molecule has 0 saturated carbocycles. The summed E-state index contributed by atoms with van der Waals surface area (Å²) in [6, 6.07) is 6.98. The monoisotopic (exact) mass is 251 g/mol. The molecule has 92 valence electrons. The second kappa shape index (κ2) is 4.18. The fraction of sp³-hybridized carbons (Fsp3) is 0.385. The van der Waals surface area contributed by atoms with Crippen LogP contribution in [-0.4, -0.2) is 19.3 Å². The minimum Gasteiger partial charge on any atom is -0.270 e. The molecule has 17 heavy (non-hydrogen) atoms. The van der Waals surface area contributed by atoms with Crippen molar-refractivity contribution in [2.75, 3.05) is 6.54 Å². The molecule has 3 nitrogen and oxygen atoms in total. The van der Waals surface area contributed by atoms with E-state index >= 15 is 0 Å². The topological polar surface area (TPSA) is 37.4 Å². The Labute approximate surface area is 103 Å². The van der Waals surface area contributed by atoms with Gasteiger partial charge in [-0.1, -0.05) is 30.7 Å². The van der Waals surface area contributed by atoms with Gasteiger partial charge in [-0.3, -0.25) is 4.31 Å². The van der Waals surface area contributed by atoms with Crippen LogP contribution in [0.3, 0.4) is 0 Å². The minimum absolute atomic E-state index is 0.287. The molecule has 0 amide bonds. The largest absolute Gasteiger partial charge is 0.270 e. The Kier molecular flexibility index (Phi) is 3.00. The molecule has 2 rings (SSSR count). The van der Waals surface area contributed by atoms with Crippen LogP contribution >= 0.6 is 0 Å². The van der Waals surface area contributed by atoms with E-state index < -0.39 is 10.0 Å². The van der Waals surface area contributed by atoms with Crippen LogP contribution in [0.15, 0.2) is 40.9 Å². The van der Waals surface area contributed by atoms with E-state index in [9.17, 15) is 8.42 Å². The molecular formula is C13H17NO2S. The number of aryl methyl sites for hydroxylation is 1. The van der Waals surface area contributed by atoms with E-state index in [4.69, 9.17) is 0 Å². The molecule has 0 radical (unpaired) electrons. The van der Waals surface area contributed by atoms with Gasteiger partial charge in [0, 0.05) is 12.2 Å². The summed E-state index contributed by atoms with van der Waals surface area (Å²) < 4.78 is 26.3. The van der Waals surface area contributed by atoms with Crippen LogP contribution in [0.2, 0.25) is 0 Å². The van der Waals surface area contributed by atoms with Gasteiger partial charge in [0.15, 0.2) is 0 Å². The first kappa shape index (κ1) is 12.2. The molecule has 1 aromatic rings. The standard InChI is InChI=1S/C13H17NO2S/c1-10-4-6-13(7-5-10)17(15,16)14-9-11(2)8-12(14)3/h4-8,11H,9H2,1-3H3. The third kappa shape index (κ3) is 2.22. The van der Waals surface area contributed by atoms with Gasteiger partial charge in [0.05, 0.1) is 4.90 Å². The lowest BCUT2D eigenvalue weighted by atomic mass is 10.2. The predicted molar refractivity (Wildman–Crippen MR) is 68.0 cm³/mol. The fourth-order valence-corrected chi connectivity index (χ4v) is 3.68. The molecule has 0 bridgehead atoms. The molecule has 0 fully saturated rings. The van der Waals surface area contributed by atoms with Crippen LogP contribution in [0, 0.1) is 12.8 Å². The van der Waals surface area contributed by atoms with Crippen molar-refractivity contribution in [1.29, 1.82) is 0 Å². The maximum Gasteiger partial charge on any atom is 0.264 e. The van der Waals surface area contributed by atoms with Crippen LogP contribution in [-0.2, 0) is 10.0 Å².